The molecule has 0 radical (unpaired) electrons. The van der Waals surface area contributed by atoms with Crippen molar-refractivity contribution in [1.29, 1.82) is 0 Å². The first-order valence-electron chi connectivity index (χ1n) is 11.4. The highest BCUT2D eigenvalue weighted by atomic mass is 32.1. The third kappa shape index (κ3) is 7.18. The normalized spacial score (nSPS) is 14.9. The number of carbonyl (C=O) groups excluding carboxylic acids is 2. The number of Topliss-reactive ketones (excluding diaryl/α,β-unsaturated/α-hetero) is 1. The molecule has 1 unspecified atom stereocenters. The molecule has 2 N–H and O–H groups in total. The Morgan fingerprint density at radius 2 is 2.06 bits per heavy atom. The van der Waals surface area contributed by atoms with Crippen molar-refractivity contribution >= 4 is 23.2 Å². The van der Waals surface area contributed by atoms with Crippen molar-refractivity contribution in [1.82, 2.24) is 5.32 Å². The number of allylic oxidation sites excluding steroid dienone is 3. The van der Waals surface area contributed by atoms with Crippen LogP contribution < -0.4 is 10.9 Å². The predicted octanol–water partition coefficient (Wildman–Crippen LogP) is 5.48. The van der Waals surface area contributed by atoms with E-state index in [0.717, 1.165) is 12.3 Å². The molecule has 0 aliphatic heterocycles. The second kappa shape index (κ2) is 11.8. The lowest BCUT2D eigenvalue weighted by molar-refractivity contribution is 0.102. The summed E-state index contributed by atoms with van der Waals surface area (Å²) in [7, 11) is 1.28. The van der Waals surface area contributed by atoms with Crippen molar-refractivity contribution in [2.24, 2.45) is 5.92 Å². The van der Waals surface area contributed by atoms with Crippen LogP contribution in [0.2, 0.25) is 0 Å². The SMILES string of the molecule is COC(=O)N/C=C/CCC(C)c1cc(O)c(C(=O)/C(C)=C\Cc2ccc(CC3CC3)s2)c(=O)o1. The van der Waals surface area contributed by atoms with E-state index in [4.69, 9.17) is 4.42 Å². The van der Waals surface area contributed by atoms with Crippen molar-refractivity contribution in [3.63, 3.8) is 0 Å². The van der Waals surface area contributed by atoms with E-state index in [1.54, 1.807) is 30.4 Å². The summed E-state index contributed by atoms with van der Waals surface area (Å²) in [6.07, 6.45) is 10.0. The largest absolute Gasteiger partial charge is 0.507 e. The molecule has 3 rings (SSSR count). The molecule has 2 heterocycles. The van der Waals surface area contributed by atoms with Crippen molar-refractivity contribution in [2.75, 3.05) is 7.11 Å². The van der Waals surface area contributed by atoms with E-state index in [9.17, 15) is 19.5 Å². The Morgan fingerprint density at radius 3 is 2.74 bits per heavy atom. The van der Waals surface area contributed by atoms with Gasteiger partial charge in [-0.15, -0.1) is 11.3 Å². The zero-order valence-corrected chi connectivity index (χ0v) is 20.6. The van der Waals surface area contributed by atoms with E-state index in [2.05, 4.69) is 22.2 Å². The number of alkyl carbamates (subject to hydrolysis) is 1. The highest BCUT2D eigenvalue weighted by Gasteiger charge is 2.23. The zero-order valence-electron chi connectivity index (χ0n) is 19.8. The average molecular weight is 486 g/mol. The van der Waals surface area contributed by atoms with Gasteiger partial charge in [-0.2, -0.15) is 0 Å². The van der Waals surface area contributed by atoms with Crippen LogP contribution >= 0.6 is 11.3 Å². The number of aromatic hydroxyl groups is 1. The lowest BCUT2D eigenvalue weighted by atomic mass is 9.99. The lowest BCUT2D eigenvalue weighted by Crippen LogP contribution is -2.17. The number of hydrogen-bond donors (Lipinski definition) is 2. The molecule has 34 heavy (non-hydrogen) atoms. The lowest BCUT2D eigenvalue weighted by Gasteiger charge is -2.11. The monoisotopic (exact) mass is 485 g/mol. The number of ketones is 1. The third-order valence-corrected chi connectivity index (χ3v) is 6.93. The van der Waals surface area contributed by atoms with E-state index in [-0.39, 0.29) is 17.2 Å². The minimum absolute atomic E-state index is 0.175. The molecule has 1 atom stereocenters. The minimum atomic E-state index is -0.842. The predicted molar refractivity (Wildman–Crippen MR) is 132 cm³/mol. The number of rotatable bonds is 11. The molecular formula is C26H31NO6S. The van der Waals surface area contributed by atoms with Gasteiger partial charge in [-0.3, -0.25) is 10.1 Å². The first kappa shape index (κ1) is 25.5. The van der Waals surface area contributed by atoms with E-state index >= 15 is 0 Å². The highest BCUT2D eigenvalue weighted by Crippen LogP contribution is 2.34. The van der Waals surface area contributed by atoms with Crippen LogP contribution in [0.5, 0.6) is 5.75 Å². The van der Waals surface area contributed by atoms with Gasteiger partial charge in [-0.1, -0.05) is 19.1 Å². The molecule has 1 amide bonds. The minimum Gasteiger partial charge on any atom is -0.507 e. The van der Waals surface area contributed by atoms with Gasteiger partial charge in [-0.25, -0.2) is 9.59 Å². The van der Waals surface area contributed by atoms with Crippen LogP contribution in [0, 0.1) is 5.92 Å². The quantitative estimate of drug-likeness (QED) is 0.322. The van der Waals surface area contributed by atoms with E-state index < -0.39 is 17.5 Å². The fourth-order valence-electron chi connectivity index (χ4n) is 3.50. The van der Waals surface area contributed by atoms with Crippen molar-refractivity contribution in [3.8, 4) is 5.75 Å². The summed E-state index contributed by atoms with van der Waals surface area (Å²) in [6, 6.07) is 5.57. The summed E-state index contributed by atoms with van der Waals surface area (Å²) in [4.78, 5) is 38.9. The van der Waals surface area contributed by atoms with E-state index in [0.29, 0.717) is 30.6 Å². The molecule has 2 aromatic rings. The first-order valence-corrected chi connectivity index (χ1v) is 12.3. The van der Waals surface area contributed by atoms with Crippen molar-refractivity contribution in [3.05, 3.63) is 73.6 Å². The number of ether oxygens (including phenoxy) is 1. The summed E-state index contributed by atoms with van der Waals surface area (Å²) < 4.78 is 9.83. The average Bonchev–Trinajstić information content (AvgIpc) is 3.51. The molecule has 0 aromatic carbocycles. The summed E-state index contributed by atoms with van der Waals surface area (Å²) in [5, 5.41) is 12.9. The molecule has 1 aliphatic rings. The number of carbonyl (C=O) groups is 2. The van der Waals surface area contributed by atoms with Crippen LogP contribution in [0.1, 0.15) is 71.3 Å². The molecule has 0 spiro atoms. The second-order valence-electron chi connectivity index (χ2n) is 8.65. The Balaban J connectivity index is 1.60. The Labute approximate surface area is 203 Å². The van der Waals surface area contributed by atoms with Gasteiger partial charge in [0.15, 0.2) is 5.78 Å². The van der Waals surface area contributed by atoms with Gasteiger partial charge in [0.05, 0.1) is 7.11 Å². The van der Waals surface area contributed by atoms with Crippen LogP contribution in [-0.2, 0) is 17.6 Å². The van der Waals surface area contributed by atoms with Gasteiger partial charge in [0, 0.05) is 34.4 Å². The van der Waals surface area contributed by atoms with Crippen molar-refractivity contribution in [2.45, 2.75) is 58.3 Å². The zero-order chi connectivity index (χ0) is 24.7. The van der Waals surface area contributed by atoms with E-state index in [1.807, 2.05) is 6.92 Å². The van der Waals surface area contributed by atoms with Gasteiger partial charge in [-0.05, 0) is 62.7 Å². The summed E-state index contributed by atoms with van der Waals surface area (Å²) in [5.74, 6) is 0.0551. The van der Waals surface area contributed by atoms with Crippen LogP contribution in [0.3, 0.4) is 0 Å². The van der Waals surface area contributed by atoms with Gasteiger partial charge >= 0.3 is 11.7 Å². The first-order chi connectivity index (χ1) is 16.3. The highest BCUT2D eigenvalue weighted by molar-refractivity contribution is 7.12. The number of hydrogen-bond acceptors (Lipinski definition) is 7. The molecule has 7 nitrogen and oxygen atoms in total. The molecule has 0 saturated heterocycles. The Kier molecular flexibility index (Phi) is 8.87. The Morgan fingerprint density at radius 1 is 1.32 bits per heavy atom. The van der Waals surface area contributed by atoms with Gasteiger partial charge in [0.25, 0.3) is 0 Å². The third-order valence-electron chi connectivity index (χ3n) is 5.81. The molecule has 1 fully saturated rings. The number of methoxy groups -OCH3 is 1. The Hall–Kier alpha value is -3.13. The second-order valence-corrected chi connectivity index (χ2v) is 9.90. The van der Waals surface area contributed by atoms with Gasteiger partial charge in [0.1, 0.15) is 17.1 Å². The number of amides is 1. The molecule has 182 valence electrons. The maximum absolute atomic E-state index is 12.8. The summed E-state index contributed by atoms with van der Waals surface area (Å²) >= 11 is 1.76. The standard InChI is InChI=1S/C26H31NO6S/c1-16(6-4-5-13-27-26(31)32-3)22-15-21(28)23(25(30)33-22)24(29)17(2)7-10-19-11-12-20(34-19)14-18-8-9-18/h5,7,11-13,15-16,18,28H,4,6,8-10,14H2,1-3H3,(H,27,31)/b13-5+,17-7-. The molecular weight excluding hydrogens is 454 g/mol. The van der Waals surface area contributed by atoms with Crippen molar-refractivity contribution < 1.29 is 23.8 Å². The van der Waals surface area contributed by atoms with E-state index in [1.165, 1.54) is 42.0 Å². The fraction of sp³-hybridized carbons (Fsp3) is 0.423. The van der Waals surface area contributed by atoms with Crippen LogP contribution in [-0.4, -0.2) is 24.1 Å². The van der Waals surface area contributed by atoms with Crippen LogP contribution in [0.4, 0.5) is 4.79 Å². The number of nitrogens with one attached hydrogen (secondary N) is 1. The van der Waals surface area contributed by atoms with Gasteiger partial charge in [0.2, 0.25) is 0 Å². The van der Waals surface area contributed by atoms with Crippen LogP contribution in [0.15, 0.2) is 51.3 Å². The molecule has 1 aliphatic carbocycles. The molecule has 1 saturated carbocycles. The van der Waals surface area contributed by atoms with Crippen LogP contribution in [0.25, 0.3) is 0 Å². The number of thiophene rings is 1. The summed E-state index contributed by atoms with van der Waals surface area (Å²) in [5.41, 5.74) is -0.790. The molecule has 8 heteroatoms. The Bertz CT molecular complexity index is 1140. The fourth-order valence-corrected chi connectivity index (χ4v) is 4.60. The maximum Gasteiger partial charge on any atom is 0.410 e. The molecule has 0 bridgehead atoms. The maximum atomic E-state index is 12.8. The smallest absolute Gasteiger partial charge is 0.410 e. The molecule has 2 aromatic heterocycles. The topological polar surface area (TPSA) is 106 Å². The van der Waals surface area contributed by atoms with Gasteiger partial charge < -0.3 is 14.3 Å². The summed E-state index contributed by atoms with van der Waals surface area (Å²) in [6.45, 7) is 3.50.